The molecule has 0 saturated carbocycles. The van der Waals surface area contributed by atoms with Gasteiger partial charge in [-0.15, -0.1) is 11.8 Å². The van der Waals surface area contributed by atoms with Crippen LogP contribution in [0.2, 0.25) is 0 Å². The Labute approximate surface area is 122 Å². The normalized spacial score (nSPS) is 12.3. The van der Waals surface area contributed by atoms with Crippen LogP contribution in [0.15, 0.2) is 30.5 Å². The van der Waals surface area contributed by atoms with Crippen LogP contribution in [0.1, 0.15) is 25.1 Å². The summed E-state index contributed by atoms with van der Waals surface area (Å²) in [4.78, 5) is 6.06. The molecule has 0 saturated heterocycles. The van der Waals surface area contributed by atoms with Gasteiger partial charge < -0.3 is 14.7 Å². The summed E-state index contributed by atoms with van der Waals surface area (Å²) in [5.74, 6) is 1.78. The predicted octanol–water partition coefficient (Wildman–Crippen LogP) is 4.29. The minimum Gasteiger partial charge on any atom is -0.480 e. The number of ether oxygens (including phenoxy) is 1. The van der Waals surface area contributed by atoms with Gasteiger partial charge in [-0.05, 0) is 43.3 Å². The lowest BCUT2D eigenvalue weighted by Gasteiger charge is -2.14. The van der Waals surface area contributed by atoms with Crippen molar-refractivity contribution in [1.82, 2.24) is 9.97 Å². The van der Waals surface area contributed by atoms with Gasteiger partial charge in [-0.1, -0.05) is 19.1 Å². The molecule has 1 heterocycles. The molecule has 19 heavy (non-hydrogen) atoms. The highest BCUT2D eigenvalue weighted by Gasteiger charge is 2.06. The van der Waals surface area contributed by atoms with E-state index in [1.807, 2.05) is 18.3 Å². The molecule has 0 aliphatic carbocycles. The van der Waals surface area contributed by atoms with Crippen LogP contribution in [0.25, 0.3) is 0 Å². The predicted molar refractivity (Wildman–Crippen MR) is 83.2 cm³/mol. The van der Waals surface area contributed by atoms with Crippen molar-refractivity contribution in [3.8, 4) is 5.75 Å². The first-order valence-corrected chi connectivity index (χ1v) is 7.77. The van der Waals surface area contributed by atoms with Gasteiger partial charge in [0.2, 0.25) is 0 Å². The molecule has 1 aromatic heterocycles. The van der Waals surface area contributed by atoms with Crippen LogP contribution in [-0.4, -0.2) is 15.4 Å². The maximum Gasteiger partial charge on any atom is 0.174 e. The van der Waals surface area contributed by atoms with E-state index in [9.17, 15) is 0 Å². The van der Waals surface area contributed by atoms with Gasteiger partial charge in [0.25, 0.3) is 0 Å². The summed E-state index contributed by atoms with van der Waals surface area (Å²) in [6.07, 6.45) is 2.93. The van der Waals surface area contributed by atoms with Gasteiger partial charge in [0.15, 0.2) is 4.77 Å². The number of hydrogen-bond donors (Lipinski definition) is 2. The number of thioether (sulfide) groups is 1. The van der Waals surface area contributed by atoms with E-state index in [1.54, 1.807) is 11.8 Å². The van der Waals surface area contributed by atoms with Crippen molar-refractivity contribution >= 4 is 24.0 Å². The van der Waals surface area contributed by atoms with E-state index in [-0.39, 0.29) is 5.44 Å². The number of hydrogen-bond acceptors (Lipinski definition) is 3. The Morgan fingerprint density at radius 3 is 2.95 bits per heavy atom. The summed E-state index contributed by atoms with van der Waals surface area (Å²) in [7, 11) is 0. The molecule has 1 aromatic carbocycles. The molecule has 2 N–H and O–H groups in total. The van der Waals surface area contributed by atoms with Crippen LogP contribution in [-0.2, 0) is 12.2 Å². The lowest BCUT2D eigenvalue weighted by atomic mass is 10.2. The van der Waals surface area contributed by atoms with E-state index in [2.05, 4.69) is 35.9 Å². The highest BCUT2D eigenvalue weighted by atomic mass is 32.2. The number of nitrogens with one attached hydrogen (secondary N) is 2. The van der Waals surface area contributed by atoms with E-state index in [0.717, 1.165) is 23.6 Å². The average Bonchev–Trinajstić information content (AvgIpc) is 2.82. The van der Waals surface area contributed by atoms with Crippen molar-refractivity contribution in [2.45, 2.75) is 31.5 Å². The van der Waals surface area contributed by atoms with E-state index >= 15 is 0 Å². The lowest BCUT2D eigenvalue weighted by molar-refractivity contribution is 0.307. The van der Waals surface area contributed by atoms with E-state index < -0.39 is 0 Å². The van der Waals surface area contributed by atoms with Crippen molar-refractivity contribution in [3.63, 3.8) is 0 Å². The Bertz CT molecular complexity index is 577. The third-order valence-electron chi connectivity index (χ3n) is 2.73. The maximum absolute atomic E-state index is 5.90. The fraction of sp³-hybridized carbons (Fsp3) is 0.357. The largest absolute Gasteiger partial charge is 0.480 e. The number of aromatic amines is 2. The topological polar surface area (TPSA) is 40.8 Å². The van der Waals surface area contributed by atoms with Crippen molar-refractivity contribution in [2.24, 2.45) is 0 Å². The molecule has 1 unspecified atom stereocenters. The van der Waals surface area contributed by atoms with E-state index in [0.29, 0.717) is 4.77 Å². The summed E-state index contributed by atoms with van der Waals surface area (Å²) in [6, 6.07) is 8.25. The quantitative estimate of drug-likeness (QED) is 0.616. The zero-order valence-corrected chi connectivity index (χ0v) is 12.7. The fourth-order valence-electron chi connectivity index (χ4n) is 1.72. The number of H-pyrrole nitrogens is 2. The number of rotatable bonds is 6. The van der Waals surface area contributed by atoms with E-state index in [4.69, 9.17) is 17.0 Å². The van der Waals surface area contributed by atoms with Crippen LogP contribution in [0.5, 0.6) is 5.75 Å². The van der Waals surface area contributed by atoms with Gasteiger partial charge >= 0.3 is 0 Å². The van der Waals surface area contributed by atoms with Gasteiger partial charge in [-0.25, -0.2) is 0 Å². The Hall–Kier alpha value is -1.20. The van der Waals surface area contributed by atoms with Crippen LogP contribution in [0, 0.1) is 4.77 Å². The number of benzene rings is 1. The second-order valence-electron chi connectivity index (χ2n) is 4.27. The first-order chi connectivity index (χ1) is 9.17. The number of aromatic nitrogens is 2. The first-order valence-electron chi connectivity index (χ1n) is 6.31. The highest BCUT2D eigenvalue weighted by Crippen LogP contribution is 2.22. The van der Waals surface area contributed by atoms with Crippen LogP contribution >= 0.6 is 24.0 Å². The molecular formula is C14H18N2OS2. The molecule has 2 rings (SSSR count). The number of imidazole rings is 1. The molecule has 2 aromatic rings. The molecule has 0 aliphatic rings. The van der Waals surface area contributed by atoms with Crippen LogP contribution < -0.4 is 4.74 Å². The zero-order chi connectivity index (χ0) is 13.7. The van der Waals surface area contributed by atoms with Crippen molar-refractivity contribution < 1.29 is 4.74 Å². The average molecular weight is 294 g/mol. The third-order valence-corrected chi connectivity index (χ3v) is 4.00. The lowest BCUT2D eigenvalue weighted by Crippen LogP contribution is -2.07. The van der Waals surface area contributed by atoms with Crippen molar-refractivity contribution in [2.75, 3.05) is 0 Å². The molecule has 0 amide bonds. The Morgan fingerprint density at radius 2 is 2.26 bits per heavy atom. The molecule has 5 heteroatoms. The summed E-state index contributed by atoms with van der Waals surface area (Å²) in [6.45, 7) is 4.20. The van der Waals surface area contributed by atoms with Crippen molar-refractivity contribution in [1.29, 1.82) is 0 Å². The molecular weight excluding hydrogens is 276 g/mol. The summed E-state index contributed by atoms with van der Waals surface area (Å²) in [5.41, 5.74) is 2.49. The fourth-order valence-corrected chi connectivity index (χ4v) is 2.66. The molecule has 0 radical (unpaired) electrons. The minimum atomic E-state index is 0.101. The molecule has 0 fully saturated rings. The molecule has 1 atom stereocenters. The summed E-state index contributed by atoms with van der Waals surface area (Å²) >= 11 is 6.73. The van der Waals surface area contributed by atoms with Gasteiger partial charge in [-0.3, -0.25) is 0 Å². The molecule has 102 valence electrons. The zero-order valence-electron chi connectivity index (χ0n) is 11.1. The van der Waals surface area contributed by atoms with Gasteiger partial charge in [-0.2, -0.15) is 0 Å². The van der Waals surface area contributed by atoms with Crippen molar-refractivity contribution in [3.05, 3.63) is 46.5 Å². The summed E-state index contributed by atoms with van der Waals surface area (Å²) < 4.78 is 6.56. The highest BCUT2D eigenvalue weighted by molar-refractivity contribution is 7.98. The third kappa shape index (κ3) is 4.44. The molecule has 0 aliphatic heterocycles. The van der Waals surface area contributed by atoms with E-state index in [1.165, 1.54) is 5.56 Å². The minimum absolute atomic E-state index is 0.101. The summed E-state index contributed by atoms with van der Waals surface area (Å²) in [5, 5.41) is 0. The van der Waals surface area contributed by atoms with Crippen LogP contribution in [0.4, 0.5) is 0 Å². The molecule has 3 nitrogen and oxygen atoms in total. The first kappa shape index (κ1) is 14.2. The number of aryl methyl sites for hydroxylation is 1. The monoisotopic (exact) mass is 294 g/mol. The Morgan fingerprint density at radius 1 is 1.42 bits per heavy atom. The SMILES string of the molecule is CCc1cccc(OC(C)SCc2c[nH]c(=S)[nH]2)c1. The molecule has 0 spiro atoms. The van der Waals surface area contributed by atoms with Gasteiger partial charge in [0.05, 0.1) is 0 Å². The maximum atomic E-state index is 5.90. The standard InChI is InChI=1S/C14H18N2OS2/c1-3-11-5-4-6-13(7-11)17-10(2)19-9-12-8-15-14(18)16-12/h4-8,10H,3,9H2,1-2H3,(H2,15,16,18). The second-order valence-corrected chi connectivity index (χ2v) is 5.96. The van der Waals surface area contributed by atoms with Gasteiger partial charge in [0.1, 0.15) is 11.2 Å². The van der Waals surface area contributed by atoms with Gasteiger partial charge in [0, 0.05) is 17.6 Å². The van der Waals surface area contributed by atoms with Crippen LogP contribution in [0.3, 0.4) is 0 Å². The Balaban J connectivity index is 1.86. The molecule has 0 bridgehead atoms. The Kier molecular flexibility index (Phi) is 5.10. The second kappa shape index (κ2) is 6.82. The smallest absolute Gasteiger partial charge is 0.174 e.